The van der Waals surface area contributed by atoms with E-state index >= 15 is 4.39 Å². The molecule has 246 valence electrons. The summed E-state index contributed by atoms with van der Waals surface area (Å²) in [6.45, 7) is 5.00. The predicted molar refractivity (Wildman–Crippen MR) is 161 cm³/mol. The lowest BCUT2D eigenvalue weighted by molar-refractivity contribution is 0.107. The third-order valence-electron chi connectivity index (χ3n) is 10.8. The monoisotopic (exact) mass is 645 g/mol. The van der Waals surface area contributed by atoms with Gasteiger partial charge in [-0.2, -0.15) is 9.97 Å². The number of alkyl halides is 3. The number of hydrogen-bond acceptors (Lipinski definition) is 9. The van der Waals surface area contributed by atoms with E-state index in [1.807, 2.05) is 6.92 Å². The van der Waals surface area contributed by atoms with Gasteiger partial charge in [-0.15, -0.1) is 0 Å². The van der Waals surface area contributed by atoms with Crippen LogP contribution in [0.15, 0.2) is 12.1 Å². The number of piperazine rings is 1. The van der Waals surface area contributed by atoms with Gasteiger partial charge in [0.15, 0.2) is 5.82 Å². The van der Waals surface area contributed by atoms with Crippen LogP contribution in [0.4, 0.5) is 33.5 Å². The second kappa shape index (κ2) is 10.8. The van der Waals surface area contributed by atoms with E-state index in [9.17, 15) is 17.6 Å². The summed E-state index contributed by atoms with van der Waals surface area (Å²) in [7, 11) is 0. The van der Waals surface area contributed by atoms with Gasteiger partial charge in [0.1, 0.15) is 47.1 Å². The van der Waals surface area contributed by atoms with E-state index in [0.717, 1.165) is 44.4 Å². The summed E-state index contributed by atoms with van der Waals surface area (Å²) in [6, 6.07) is 2.07. The van der Waals surface area contributed by atoms with E-state index in [-0.39, 0.29) is 70.0 Å². The summed E-state index contributed by atoms with van der Waals surface area (Å²) in [5, 5.41) is 3.89. The molecule has 46 heavy (non-hydrogen) atoms. The number of anilines is 2. The summed E-state index contributed by atoms with van der Waals surface area (Å²) in [4.78, 5) is 18.1. The van der Waals surface area contributed by atoms with Crippen molar-refractivity contribution in [3.05, 3.63) is 29.3 Å². The number of nitrogen functional groups attached to an aromatic ring is 1. The van der Waals surface area contributed by atoms with Crippen LogP contribution in [0.1, 0.15) is 57.4 Å². The van der Waals surface area contributed by atoms with Crippen LogP contribution in [0, 0.1) is 11.6 Å². The molecule has 7 atom stereocenters. The first-order valence-corrected chi connectivity index (χ1v) is 16.0. The van der Waals surface area contributed by atoms with Crippen LogP contribution in [0.5, 0.6) is 11.9 Å². The Bertz CT molecular complexity index is 1710. The molecular formula is C32H36F5N7O2. The van der Waals surface area contributed by atoms with Crippen LogP contribution in [-0.4, -0.2) is 88.5 Å². The van der Waals surface area contributed by atoms with Gasteiger partial charge in [0.05, 0.1) is 17.3 Å². The second-order valence-corrected chi connectivity index (χ2v) is 13.6. The number of pyridine rings is 1. The number of fused-ring (bicyclic) bond motifs is 6. The standard InChI is InChI=1S/C32H36F5N7O2/c1-14(28(36)37)18-8-20(34)21(38)9-19(18)25-24(35)26-23-29(42-31(41-26)45-13-32-6-3-7-43(32)11-16(33)10-32)44-12-17-4-5-22(39-17)27(44)15(2)46-30(23)40-25/h8-9,14-17,22,27-28,39H,3-7,10-13,38H2,1-2H3/t14-,15-,16+,17+,22-,27+,32-/m0/s1. The molecule has 2 aromatic heterocycles. The van der Waals surface area contributed by atoms with Crippen molar-refractivity contribution < 1.29 is 31.4 Å². The molecule has 2 bridgehead atoms. The predicted octanol–water partition coefficient (Wildman–Crippen LogP) is 4.97. The molecular weight excluding hydrogens is 609 g/mol. The molecule has 0 saturated carbocycles. The quantitative estimate of drug-likeness (QED) is 0.285. The van der Waals surface area contributed by atoms with E-state index < -0.39 is 41.8 Å². The highest BCUT2D eigenvalue weighted by atomic mass is 19.3. The molecule has 0 aliphatic carbocycles. The third kappa shape index (κ3) is 4.57. The van der Waals surface area contributed by atoms with Gasteiger partial charge in [-0.05, 0) is 56.8 Å². The molecule has 4 fully saturated rings. The van der Waals surface area contributed by atoms with Crippen molar-refractivity contribution in [3.63, 3.8) is 0 Å². The van der Waals surface area contributed by atoms with Crippen molar-refractivity contribution in [1.82, 2.24) is 25.2 Å². The lowest BCUT2D eigenvalue weighted by atomic mass is 9.92. The van der Waals surface area contributed by atoms with Crippen LogP contribution in [0.3, 0.4) is 0 Å². The Morgan fingerprint density at radius 2 is 2.00 bits per heavy atom. The zero-order valence-corrected chi connectivity index (χ0v) is 25.6. The lowest BCUT2D eigenvalue weighted by Crippen LogP contribution is -2.62. The van der Waals surface area contributed by atoms with E-state index in [2.05, 4.69) is 25.1 Å². The number of nitrogens with zero attached hydrogens (tertiary/aromatic N) is 5. The smallest absolute Gasteiger partial charge is 0.319 e. The van der Waals surface area contributed by atoms with Crippen LogP contribution in [0.25, 0.3) is 22.2 Å². The van der Waals surface area contributed by atoms with Gasteiger partial charge in [0.25, 0.3) is 0 Å². The molecule has 4 saturated heterocycles. The summed E-state index contributed by atoms with van der Waals surface area (Å²) in [5.41, 5.74) is 4.33. The normalized spacial score (nSPS) is 30.8. The van der Waals surface area contributed by atoms with Gasteiger partial charge in [-0.25, -0.2) is 26.9 Å². The van der Waals surface area contributed by atoms with Gasteiger partial charge >= 0.3 is 6.01 Å². The highest BCUT2D eigenvalue weighted by Gasteiger charge is 2.50. The molecule has 14 heteroatoms. The minimum atomic E-state index is -2.86. The Morgan fingerprint density at radius 1 is 1.17 bits per heavy atom. The summed E-state index contributed by atoms with van der Waals surface area (Å²) in [6.07, 6.45) is -0.306. The first-order valence-electron chi connectivity index (χ1n) is 16.0. The fourth-order valence-electron chi connectivity index (χ4n) is 8.50. The Balaban J connectivity index is 1.31. The molecule has 8 rings (SSSR count). The van der Waals surface area contributed by atoms with Crippen molar-refractivity contribution in [2.45, 2.75) is 94.2 Å². The van der Waals surface area contributed by atoms with E-state index in [0.29, 0.717) is 25.3 Å². The average molecular weight is 646 g/mol. The number of nitrogens with one attached hydrogen (secondary N) is 1. The molecule has 0 amide bonds. The minimum Gasteiger partial charge on any atom is -0.472 e. The Hall–Kier alpha value is -3.52. The topological polar surface area (TPSA) is 102 Å². The first kappa shape index (κ1) is 29.9. The van der Waals surface area contributed by atoms with Gasteiger partial charge in [0.2, 0.25) is 12.3 Å². The number of nitrogens with two attached hydrogens (primary N) is 1. The molecule has 0 unspecified atom stereocenters. The molecule has 1 aromatic carbocycles. The molecule has 3 aromatic rings. The Kier molecular flexibility index (Phi) is 6.98. The van der Waals surface area contributed by atoms with E-state index in [4.69, 9.17) is 20.2 Å². The number of hydrogen-bond donors (Lipinski definition) is 2. The van der Waals surface area contributed by atoms with Crippen LogP contribution < -0.4 is 25.4 Å². The average Bonchev–Trinajstić information content (AvgIpc) is 3.66. The maximum absolute atomic E-state index is 16.9. The van der Waals surface area contributed by atoms with Gasteiger partial charge in [-0.1, -0.05) is 6.92 Å². The summed E-state index contributed by atoms with van der Waals surface area (Å²) in [5.74, 6) is -2.80. The Labute approximate surface area is 262 Å². The molecule has 5 aliphatic rings. The van der Waals surface area contributed by atoms with E-state index in [1.54, 1.807) is 0 Å². The van der Waals surface area contributed by atoms with E-state index in [1.165, 1.54) is 6.92 Å². The number of halogens is 5. The van der Waals surface area contributed by atoms with Crippen LogP contribution in [0.2, 0.25) is 0 Å². The zero-order chi connectivity index (χ0) is 32.1. The molecule has 0 radical (unpaired) electrons. The number of ether oxygens (including phenoxy) is 2. The highest BCUT2D eigenvalue weighted by Crippen LogP contribution is 2.46. The van der Waals surface area contributed by atoms with Crippen molar-refractivity contribution in [2.75, 3.05) is 36.9 Å². The number of rotatable bonds is 6. The number of aromatic nitrogens is 3. The molecule has 0 spiro atoms. The van der Waals surface area contributed by atoms with Crippen molar-refractivity contribution in [1.29, 1.82) is 0 Å². The molecule has 9 nitrogen and oxygen atoms in total. The van der Waals surface area contributed by atoms with Gasteiger partial charge in [0, 0.05) is 43.1 Å². The van der Waals surface area contributed by atoms with Crippen molar-refractivity contribution in [3.8, 4) is 23.1 Å². The molecule has 3 N–H and O–H groups in total. The Morgan fingerprint density at radius 3 is 2.80 bits per heavy atom. The minimum absolute atomic E-state index is 0.0425. The lowest BCUT2D eigenvalue weighted by Gasteiger charge is -2.42. The molecule has 5 aliphatic heterocycles. The van der Waals surface area contributed by atoms with Gasteiger partial charge < -0.3 is 25.4 Å². The fraction of sp³-hybridized carbons (Fsp3) is 0.594. The van der Waals surface area contributed by atoms with Gasteiger partial charge in [-0.3, -0.25) is 4.90 Å². The van der Waals surface area contributed by atoms with Crippen LogP contribution >= 0.6 is 0 Å². The van der Waals surface area contributed by atoms with Crippen molar-refractivity contribution in [2.24, 2.45) is 0 Å². The summed E-state index contributed by atoms with van der Waals surface area (Å²) < 4.78 is 86.6. The van der Waals surface area contributed by atoms with Crippen LogP contribution in [-0.2, 0) is 0 Å². The third-order valence-corrected chi connectivity index (χ3v) is 10.8. The maximum atomic E-state index is 16.9. The second-order valence-electron chi connectivity index (χ2n) is 13.6. The maximum Gasteiger partial charge on any atom is 0.319 e. The SMILES string of the molecule is C[C@@H]1Oc2nc(-c3cc(N)c(F)cc3[C@H](C)C(F)F)c(F)c3nc(OC[C@@]45CCCN4C[C@H](F)C5)nc(c23)N2C[C@H]3CC[C@H](N3)[C@@H]12. The zero-order valence-electron chi connectivity index (χ0n) is 25.6. The fourth-order valence-corrected chi connectivity index (χ4v) is 8.50. The summed E-state index contributed by atoms with van der Waals surface area (Å²) >= 11 is 0. The largest absolute Gasteiger partial charge is 0.472 e. The number of benzene rings is 1. The molecule has 7 heterocycles. The highest BCUT2D eigenvalue weighted by molar-refractivity contribution is 5.97. The van der Waals surface area contributed by atoms with Crippen molar-refractivity contribution >= 4 is 22.4 Å². The first-order chi connectivity index (χ1) is 22.0.